The molecular weight excluding hydrogens is 242 g/mol. The van der Waals surface area contributed by atoms with E-state index in [0.29, 0.717) is 17.9 Å². The number of nitrogens with zero attached hydrogens (tertiary/aromatic N) is 2. The lowest BCUT2D eigenvalue weighted by Crippen LogP contribution is -2.58. The first kappa shape index (κ1) is 13.3. The number of carbonyl (C=O) groups excluding carboxylic acids is 1. The molecule has 0 bridgehead atoms. The van der Waals surface area contributed by atoms with Gasteiger partial charge in [0.1, 0.15) is 0 Å². The Kier molecular flexibility index (Phi) is 4.05. The fourth-order valence-corrected chi connectivity index (χ4v) is 3.71. The molecule has 108 valence electrons. The van der Waals surface area contributed by atoms with Crippen LogP contribution in [0.25, 0.3) is 0 Å². The summed E-state index contributed by atoms with van der Waals surface area (Å²) in [5.74, 6) is 0.624. The normalized spacial score (nSPS) is 30.6. The third-order valence-corrected chi connectivity index (χ3v) is 4.88. The summed E-state index contributed by atoms with van der Waals surface area (Å²) in [5.41, 5.74) is 0. The van der Waals surface area contributed by atoms with Crippen LogP contribution in [-0.2, 0) is 4.79 Å². The summed E-state index contributed by atoms with van der Waals surface area (Å²) in [5, 5.41) is 12.4. The maximum Gasteiger partial charge on any atom is 0.239 e. The molecule has 2 N–H and O–H groups in total. The molecule has 3 heterocycles. The lowest BCUT2D eigenvalue weighted by atomic mass is 9.98. The number of amides is 1. The summed E-state index contributed by atoms with van der Waals surface area (Å²) >= 11 is 0. The van der Waals surface area contributed by atoms with Crippen LogP contribution in [0.2, 0.25) is 0 Å². The van der Waals surface area contributed by atoms with Crippen LogP contribution in [0.5, 0.6) is 0 Å². The first-order valence-electron chi connectivity index (χ1n) is 7.65. The lowest BCUT2D eigenvalue weighted by Gasteiger charge is -2.43. The molecule has 1 unspecified atom stereocenters. The second kappa shape index (κ2) is 5.77. The Morgan fingerprint density at radius 2 is 1.95 bits per heavy atom. The van der Waals surface area contributed by atoms with E-state index in [0.717, 1.165) is 45.6 Å². The highest BCUT2D eigenvalue weighted by Gasteiger charge is 2.40. The Morgan fingerprint density at radius 1 is 1.21 bits per heavy atom. The highest BCUT2D eigenvalue weighted by Crippen LogP contribution is 2.27. The minimum atomic E-state index is 0.114. The van der Waals surface area contributed by atoms with Crippen LogP contribution in [0.4, 0.5) is 0 Å². The average Bonchev–Trinajstić information content (AvgIpc) is 2.87. The lowest BCUT2D eigenvalue weighted by molar-refractivity contribution is -0.144. The van der Waals surface area contributed by atoms with E-state index >= 15 is 0 Å². The number of aliphatic hydroxyl groups is 1. The van der Waals surface area contributed by atoms with Crippen molar-refractivity contribution in [1.29, 1.82) is 0 Å². The summed E-state index contributed by atoms with van der Waals surface area (Å²) in [7, 11) is 0. The van der Waals surface area contributed by atoms with Gasteiger partial charge >= 0.3 is 0 Å². The van der Waals surface area contributed by atoms with Gasteiger partial charge in [-0.1, -0.05) is 0 Å². The summed E-state index contributed by atoms with van der Waals surface area (Å²) in [6, 6.07) is 0.704. The average molecular weight is 267 g/mol. The van der Waals surface area contributed by atoms with Crippen molar-refractivity contribution in [3.8, 4) is 0 Å². The molecule has 0 aromatic heterocycles. The van der Waals surface area contributed by atoms with E-state index < -0.39 is 0 Å². The van der Waals surface area contributed by atoms with E-state index in [-0.39, 0.29) is 12.6 Å². The SMILES string of the molecule is O=C(C1CCCN1C1CCNCC1)N1CC(CO)C1. The third kappa shape index (κ3) is 2.64. The number of piperidine rings is 1. The molecule has 3 aliphatic heterocycles. The predicted molar refractivity (Wildman–Crippen MR) is 72.8 cm³/mol. The van der Waals surface area contributed by atoms with Gasteiger partial charge in [-0.05, 0) is 45.3 Å². The number of carbonyl (C=O) groups is 1. The zero-order valence-corrected chi connectivity index (χ0v) is 11.6. The van der Waals surface area contributed by atoms with E-state index in [2.05, 4.69) is 10.2 Å². The zero-order chi connectivity index (χ0) is 13.2. The highest BCUT2D eigenvalue weighted by atomic mass is 16.3. The molecular formula is C14H25N3O2. The van der Waals surface area contributed by atoms with Gasteiger partial charge in [-0.2, -0.15) is 0 Å². The van der Waals surface area contributed by atoms with E-state index in [1.807, 2.05) is 4.90 Å². The van der Waals surface area contributed by atoms with Crippen molar-refractivity contribution in [3.63, 3.8) is 0 Å². The van der Waals surface area contributed by atoms with Crippen molar-refractivity contribution in [3.05, 3.63) is 0 Å². The smallest absolute Gasteiger partial charge is 0.239 e. The van der Waals surface area contributed by atoms with Gasteiger partial charge in [0, 0.05) is 31.7 Å². The van der Waals surface area contributed by atoms with Crippen LogP contribution in [0.15, 0.2) is 0 Å². The molecule has 5 nitrogen and oxygen atoms in total. The Morgan fingerprint density at radius 3 is 2.63 bits per heavy atom. The molecule has 0 aromatic rings. The predicted octanol–water partition coefficient (Wildman–Crippen LogP) is -0.346. The van der Waals surface area contributed by atoms with Crippen LogP contribution in [0, 0.1) is 5.92 Å². The van der Waals surface area contributed by atoms with Crippen molar-refractivity contribution >= 4 is 5.91 Å². The fourth-order valence-electron chi connectivity index (χ4n) is 3.71. The van der Waals surface area contributed by atoms with E-state index in [1.165, 1.54) is 12.8 Å². The Balaban J connectivity index is 1.58. The van der Waals surface area contributed by atoms with Crippen LogP contribution in [0.3, 0.4) is 0 Å². The summed E-state index contributed by atoms with van der Waals surface area (Å²) in [4.78, 5) is 16.9. The monoisotopic (exact) mass is 267 g/mol. The number of hydrogen-bond donors (Lipinski definition) is 2. The van der Waals surface area contributed by atoms with E-state index in [4.69, 9.17) is 5.11 Å². The second-order valence-corrected chi connectivity index (χ2v) is 6.17. The molecule has 3 saturated heterocycles. The third-order valence-electron chi connectivity index (χ3n) is 4.88. The molecule has 0 aliphatic carbocycles. The molecule has 1 atom stereocenters. The van der Waals surface area contributed by atoms with Gasteiger partial charge in [0.25, 0.3) is 0 Å². The van der Waals surface area contributed by atoms with Gasteiger partial charge in [-0.3, -0.25) is 9.69 Å². The number of aliphatic hydroxyl groups excluding tert-OH is 1. The molecule has 5 heteroatoms. The molecule has 3 rings (SSSR count). The Labute approximate surface area is 114 Å². The zero-order valence-electron chi connectivity index (χ0n) is 11.6. The van der Waals surface area contributed by atoms with Gasteiger partial charge in [-0.25, -0.2) is 0 Å². The van der Waals surface area contributed by atoms with Crippen molar-refractivity contribution in [1.82, 2.24) is 15.1 Å². The molecule has 1 amide bonds. The molecule has 0 aromatic carbocycles. The quantitative estimate of drug-likeness (QED) is 0.734. The first-order chi connectivity index (χ1) is 9.29. The number of nitrogens with one attached hydrogen (secondary N) is 1. The van der Waals surface area contributed by atoms with Crippen molar-refractivity contribution in [2.24, 2.45) is 5.92 Å². The maximum absolute atomic E-state index is 12.5. The maximum atomic E-state index is 12.5. The highest BCUT2D eigenvalue weighted by molar-refractivity contribution is 5.83. The van der Waals surface area contributed by atoms with Gasteiger partial charge < -0.3 is 15.3 Å². The Bertz CT molecular complexity index is 325. The minimum Gasteiger partial charge on any atom is -0.396 e. The number of rotatable bonds is 3. The number of likely N-dealkylation sites (tertiary alicyclic amines) is 2. The summed E-state index contributed by atoms with van der Waals surface area (Å²) in [6.07, 6.45) is 4.51. The standard InChI is InChI=1S/C14H25N3O2/c18-10-11-8-16(9-11)14(19)13-2-1-7-17(13)12-3-5-15-6-4-12/h11-13,15,18H,1-10H2. The Hall–Kier alpha value is -0.650. The fraction of sp³-hybridized carbons (Fsp3) is 0.929. The molecule has 19 heavy (non-hydrogen) atoms. The minimum absolute atomic E-state index is 0.114. The van der Waals surface area contributed by atoms with Crippen molar-refractivity contribution < 1.29 is 9.90 Å². The molecule has 0 saturated carbocycles. The van der Waals surface area contributed by atoms with Crippen LogP contribution in [0.1, 0.15) is 25.7 Å². The van der Waals surface area contributed by atoms with Crippen molar-refractivity contribution in [2.75, 3.05) is 39.3 Å². The van der Waals surface area contributed by atoms with Gasteiger partial charge in [0.15, 0.2) is 0 Å². The van der Waals surface area contributed by atoms with Crippen molar-refractivity contribution in [2.45, 2.75) is 37.8 Å². The summed E-state index contributed by atoms with van der Waals surface area (Å²) < 4.78 is 0. The topological polar surface area (TPSA) is 55.8 Å². The van der Waals surface area contributed by atoms with E-state index in [9.17, 15) is 4.79 Å². The number of hydrogen-bond acceptors (Lipinski definition) is 4. The second-order valence-electron chi connectivity index (χ2n) is 6.17. The molecule has 3 fully saturated rings. The van der Waals surface area contributed by atoms with Gasteiger partial charge in [0.05, 0.1) is 6.04 Å². The molecule has 0 radical (unpaired) electrons. The van der Waals surface area contributed by atoms with Gasteiger partial charge in [0.2, 0.25) is 5.91 Å². The van der Waals surface area contributed by atoms with Crippen LogP contribution >= 0.6 is 0 Å². The van der Waals surface area contributed by atoms with Crippen LogP contribution in [-0.4, -0.2) is 72.2 Å². The molecule has 3 aliphatic rings. The van der Waals surface area contributed by atoms with Crippen LogP contribution < -0.4 is 5.32 Å². The van der Waals surface area contributed by atoms with E-state index in [1.54, 1.807) is 0 Å². The largest absolute Gasteiger partial charge is 0.396 e. The summed E-state index contributed by atoms with van der Waals surface area (Å²) in [6.45, 7) is 4.97. The first-order valence-corrected chi connectivity index (χ1v) is 7.65. The van der Waals surface area contributed by atoms with Gasteiger partial charge in [-0.15, -0.1) is 0 Å². The molecule has 0 spiro atoms.